The number of alkyl halides is 1. The summed E-state index contributed by atoms with van der Waals surface area (Å²) in [5.41, 5.74) is 6.54. The highest BCUT2D eigenvalue weighted by Crippen LogP contribution is 2.17. The number of rotatable bonds is 3. The van der Waals surface area contributed by atoms with Crippen molar-refractivity contribution in [3.63, 3.8) is 0 Å². The van der Waals surface area contributed by atoms with Crippen LogP contribution in [-0.4, -0.2) is 11.7 Å². The lowest BCUT2D eigenvalue weighted by molar-refractivity contribution is 0.441. The van der Waals surface area contributed by atoms with E-state index in [4.69, 9.17) is 5.73 Å². The SMILES string of the molecule is N[C@H](CCF)c1cncc(Br)c1. The van der Waals surface area contributed by atoms with E-state index < -0.39 is 6.67 Å². The summed E-state index contributed by atoms with van der Waals surface area (Å²) in [6.45, 7) is -0.395. The van der Waals surface area contributed by atoms with Crippen LogP contribution < -0.4 is 5.73 Å². The molecule has 0 aliphatic rings. The Morgan fingerprint density at radius 1 is 1.58 bits per heavy atom. The molecule has 66 valence electrons. The van der Waals surface area contributed by atoms with Gasteiger partial charge in [0.2, 0.25) is 0 Å². The highest BCUT2D eigenvalue weighted by Gasteiger charge is 2.05. The summed E-state index contributed by atoms with van der Waals surface area (Å²) in [6, 6.07) is 1.60. The second-order valence-corrected chi connectivity index (χ2v) is 3.44. The first-order valence-corrected chi connectivity index (χ1v) is 4.45. The van der Waals surface area contributed by atoms with Gasteiger partial charge in [-0.2, -0.15) is 0 Å². The summed E-state index contributed by atoms with van der Waals surface area (Å²) in [5.74, 6) is 0. The van der Waals surface area contributed by atoms with Crippen LogP contribution in [0, 0.1) is 0 Å². The standard InChI is InChI=1S/C8H10BrFN2/c9-7-3-6(4-12-5-7)8(11)1-2-10/h3-5,8H,1-2,11H2/t8-/m1/s1. The molecule has 0 bridgehead atoms. The monoisotopic (exact) mass is 232 g/mol. The van der Waals surface area contributed by atoms with Crippen LogP contribution in [0.15, 0.2) is 22.9 Å². The van der Waals surface area contributed by atoms with Crippen molar-refractivity contribution in [1.29, 1.82) is 0 Å². The van der Waals surface area contributed by atoms with Crippen LogP contribution in [0.1, 0.15) is 18.0 Å². The van der Waals surface area contributed by atoms with E-state index in [1.807, 2.05) is 6.07 Å². The second kappa shape index (κ2) is 4.52. The predicted octanol–water partition coefficient (Wildman–Crippen LogP) is 2.20. The van der Waals surface area contributed by atoms with E-state index in [2.05, 4.69) is 20.9 Å². The Balaban J connectivity index is 2.73. The fourth-order valence-electron chi connectivity index (χ4n) is 0.915. The number of nitrogens with zero attached hydrogens (tertiary/aromatic N) is 1. The lowest BCUT2D eigenvalue weighted by atomic mass is 10.1. The maximum atomic E-state index is 11.9. The highest BCUT2D eigenvalue weighted by molar-refractivity contribution is 9.10. The molecule has 0 radical (unpaired) electrons. The van der Waals surface area contributed by atoms with E-state index in [1.54, 1.807) is 12.4 Å². The minimum Gasteiger partial charge on any atom is -0.324 e. The Morgan fingerprint density at radius 2 is 2.33 bits per heavy atom. The van der Waals surface area contributed by atoms with Crippen molar-refractivity contribution < 1.29 is 4.39 Å². The molecule has 1 aromatic heterocycles. The van der Waals surface area contributed by atoms with Crippen LogP contribution in [0.2, 0.25) is 0 Å². The second-order valence-electron chi connectivity index (χ2n) is 2.52. The van der Waals surface area contributed by atoms with Gasteiger partial charge in [-0.15, -0.1) is 0 Å². The van der Waals surface area contributed by atoms with E-state index >= 15 is 0 Å². The molecule has 1 rings (SSSR count). The van der Waals surface area contributed by atoms with Gasteiger partial charge >= 0.3 is 0 Å². The number of hydrogen-bond donors (Lipinski definition) is 1. The van der Waals surface area contributed by atoms with Crippen molar-refractivity contribution in [2.45, 2.75) is 12.5 Å². The molecule has 0 saturated heterocycles. The summed E-state index contributed by atoms with van der Waals surface area (Å²) < 4.78 is 12.8. The molecule has 0 unspecified atom stereocenters. The zero-order chi connectivity index (χ0) is 8.97. The third kappa shape index (κ3) is 2.53. The third-order valence-corrected chi connectivity index (χ3v) is 2.01. The van der Waals surface area contributed by atoms with Crippen LogP contribution in [0.5, 0.6) is 0 Å². The van der Waals surface area contributed by atoms with Crippen LogP contribution >= 0.6 is 15.9 Å². The molecule has 0 saturated carbocycles. The lowest BCUT2D eigenvalue weighted by Gasteiger charge is -2.08. The minimum absolute atomic E-state index is 0.250. The number of aromatic nitrogens is 1. The molecule has 2 nitrogen and oxygen atoms in total. The minimum atomic E-state index is -0.395. The van der Waals surface area contributed by atoms with Crippen LogP contribution in [0.3, 0.4) is 0 Å². The summed E-state index contributed by atoms with van der Waals surface area (Å²) in [5, 5.41) is 0. The Hall–Kier alpha value is -0.480. The largest absolute Gasteiger partial charge is 0.324 e. The molecule has 0 fully saturated rings. The quantitative estimate of drug-likeness (QED) is 0.869. The van der Waals surface area contributed by atoms with Crippen molar-refractivity contribution in [2.24, 2.45) is 5.73 Å². The molecule has 2 N–H and O–H groups in total. The Morgan fingerprint density at radius 3 is 2.92 bits per heavy atom. The van der Waals surface area contributed by atoms with E-state index in [1.165, 1.54) is 0 Å². The van der Waals surface area contributed by atoms with Gasteiger partial charge in [0.15, 0.2) is 0 Å². The molecule has 0 aliphatic heterocycles. The van der Waals surface area contributed by atoms with Crippen molar-refractivity contribution in [2.75, 3.05) is 6.67 Å². The topological polar surface area (TPSA) is 38.9 Å². The van der Waals surface area contributed by atoms with Gasteiger partial charge in [-0.3, -0.25) is 9.37 Å². The molecule has 1 heterocycles. The third-order valence-electron chi connectivity index (χ3n) is 1.57. The smallest absolute Gasteiger partial charge is 0.0912 e. The van der Waals surface area contributed by atoms with Gasteiger partial charge in [-0.05, 0) is 34.0 Å². The van der Waals surface area contributed by atoms with Gasteiger partial charge in [0.05, 0.1) is 6.67 Å². The van der Waals surface area contributed by atoms with Crippen LogP contribution in [-0.2, 0) is 0 Å². The normalized spacial score (nSPS) is 12.9. The van der Waals surface area contributed by atoms with Gasteiger partial charge in [0, 0.05) is 22.9 Å². The Bertz CT molecular complexity index is 255. The van der Waals surface area contributed by atoms with Crippen molar-refractivity contribution in [3.05, 3.63) is 28.5 Å². The van der Waals surface area contributed by atoms with Gasteiger partial charge < -0.3 is 5.73 Å². The summed E-state index contributed by atoms with van der Waals surface area (Å²) in [6.07, 6.45) is 3.68. The average molecular weight is 233 g/mol. The molecule has 0 aliphatic carbocycles. The van der Waals surface area contributed by atoms with E-state index in [0.717, 1.165) is 10.0 Å². The van der Waals surface area contributed by atoms with E-state index in [9.17, 15) is 4.39 Å². The lowest BCUT2D eigenvalue weighted by Crippen LogP contribution is -2.11. The molecular weight excluding hydrogens is 223 g/mol. The van der Waals surface area contributed by atoms with E-state index in [0.29, 0.717) is 6.42 Å². The molecule has 0 aromatic carbocycles. The molecule has 12 heavy (non-hydrogen) atoms. The first-order valence-electron chi connectivity index (χ1n) is 3.66. The van der Waals surface area contributed by atoms with Crippen LogP contribution in [0.4, 0.5) is 4.39 Å². The van der Waals surface area contributed by atoms with Crippen LogP contribution in [0.25, 0.3) is 0 Å². The summed E-state index contributed by atoms with van der Waals surface area (Å²) in [4.78, 5) is 3.94. The fourth-order valence-corrected chi connectivity index (χ4v) is 1.30. The Kier molecular flexibility index (Phi) is 3.62. The highest BCUT2D eigenvalue weighted by atomic mass is 79.9. The molecule has 1 atom stereocenters. The first kappa shape index (κ1) is 9.61. The molecule has 1 aromatic rings. The van der Waals surface area contributed by atoms with Gasteiger partial charge in [0.25, 0.3) is 0 Å². The van der Waals surface area contributed by atoms with Gasteiger partial charge in [-0.1, -0.05) is 0 Å². The maximum absolute atomic E-state index is 11.9. The summed E-state index contributed by atoms with van der Waals surface area (Å²) >= 11 is 3.27. The molecule has 0 spiro atoms. The average Bonchev–Trinajstić information content (AvgIpc) is 2.05. The van der Waals surface area contributed by atoms with Crippen molar-refractivity contribution >= 4 is 15.9 Å². The summed E-state index contributed by atoms with van der Waals surface area (Å²) in [7, 11) is 0. The number of pyridine rings is 1. The zero-order valence-electron chi connectivity index (χ0n) is 6.50. The number of halogens is 2. The van der Waals surface area contributed by atoms with Gasteiger partial charge in [-0.25, -0.2) is 0 Å². The predicted molar refractivity (Wildman–Crippen MR) is 49.5 cm³/mol. The molecular formula is C8H10BrFN2. The fraction of sp³-hybridized carbons (Fsp3) is 0.375. The first-order chi connectivity index (χ1) is 5.74. The molecule has 4 heteroatoms. The van der Waals surface area contributed by atoms with Crippen molar-refractivity contribution in [1.82, 2.24) is 4.98 Å². The maximum Gasteiger partial charge on any atom is 0.0912 e. The Labute approximate surface area is 79.1 Å². The van der Waals surface area contributed by atoms with Gasteiger partial charge in [0.1, 0.15) is 0 Å². The van der Waals surface area contributed by atoms with Crippen molar-refractivity contribution in [3.8, 4) is 0 Å². The molecule has 0 amide bonds. The number of hydrogen-bond acceptors (Lipinski definition) is 2. The van der Waals surface area contributed by atoms with E-state index in [-0.39, 0.29) is 6.04 Å². The number of nitrogens with two attached hydrogens (primary N) is 1. The zero-order valence-corrected chi connectivity index (χ0v) is 8.09.